The summed E-state index contributed by atoms with van der Waals surface area (Å²) < 4.78 is 27.2. The van der Waals surface area contributed by atoms with Gasteiger partial charge in [-0.05, 0) is 41.5 Å². The van der Waals surface area contributed by atoms with E-state index in [0.717, 1.165) is 9.87 Å². The first-order valence-electron chi connectivity index (χ1n) is 8.45. The molecule has 6 nitrogen and oxygen atoms in total. The van der Waals surface area contributed by atoms with Crippen molar-refractivity contribution < 1.29 is 18.3 Å². The van der Waals surface area contributed by atoms with Crippen LogP contribution in [0.2, 0.25) is 0 Å². The summed E-state index contributed by atoms with van der Waals surface area (Å²) in [7, 11) is -4.05. The molecule has 3 aromatic rings. The monoisotopic (exact) mass is 394 g/mol. The van der Waals surface area contributed by atoms with Crippen molar-refractivity contribution in [1.29, 1.82) is 0 Å². The molecule has 0 spiro atoms. The summed E-state index contributed by atoms with van der Waals surface area (Å²) in [6.07, 6.45) is 6.87. The second-order valence-electron chi connectivity index (χ2n) is 5.89. The van der Waals surface area contributed by atoms with E-state index in [4.69, 9.17) is 0 Å². The first-order valence-corrected chi connectivity index (χ1v) is 9.89. The summed E-state index contributed by atoms with van der Waals surface area (Å²) in [5, 5.41) is 9.32. The molecule has 1 N–H and O–H groups in total. The molecular formula is C21H18N2O4S. The van der Waals surface area contributed by atoms with Crippen molar-refractivity contribution in [2.24, 2.45) is 0 Å². The SMILES string of the molecule is O=C(O)CN(c1ccccc1/C=C/c1ccncc1)S(=O)(=O)c1ccccc1. The van der Waals surface area contributed by atoms with E-state index in [1.807, 2.05) is 18.2 Å². The lowest BCUT2D eigenvalue weighted by Crippen LogP contribution is -2.36. The van der Waals surface area contributed by atoms with Crippen LogP contribution >= 0.6 is 0 Å². The van der Waals surface area contributed by atoms with Gasteiger partial charge in [0.05, 0.1) is 10.6 Å². The second kappa shape index (κ2) is 8.49. The summed E-state index contributed by atoms with van der Waals surface area (Å²) in [4.78, 5) is 15.4. The molecule has 142 valence electrons. The fraction of sp³-hybridized carbons (Fsp3) is 0.0476. The Morgan fingerprint density at radius 1 is 0.929 bits per heavy atom. The van der Waals surface area contributed by atoms with Crippen LogP contribution in [0.5, 0.6) is 0 Å². The highest BCUT2D eigenvalue weighted by Gasteiger charge is 2.28. The number of benzene rings is 2. The average molecular weight is 394 g/mol. The van der Waals surface area contributed by atoms with E-state index in [-0.39, 0.29) is 4.90 Å². The van der Waals surface area contributed by atoms with Gasteiger partial charge in [0.2, 0.25) is 0 Å². The zero-order valence-corrected chi connectivity index (χ0v) is 15.7. The van der Waals surface area contributed by atoms with Crippen LogP contribution in [0.3, 0.4) is 0 Å². The Labute approximate surface area is 163 Å². The van der Waals surface area contributed by atoms with Gasteiger partial charge in [-0.2, -0.15) is 0 Å². The van der Waals surface area contributed by atoms with Gasteiger partial charge in [0.15, 0.2) is 0 Å². The molecule has 0 atom stereocenters. The molecule has 7 heteroatoms. The minimum atomic E-state index is -4.05. The summed E-state index contributed by atoms with van der Waals surface area (Å²) in [5.41, 5.74) is 1.76. The van der Waals surface area contributed by atoms with Crippen molar-refractivity contribution in [3.8, 4) is 0 Å². The summed E-state index contributed by atoms with van der Waals surface area (Å²) in [6.45, 7) is -0.683. The maximum absolute atomic E-state index is 13.1. The second-order valence-corrected chi connectivity index (χ2v) is 7.75. The van der Waals surface area contributed by atoms with E-state index in [9.17, 15) is 18.3 Å². The summed E-state index contributed by atoms with van der Waals surface area (Å²) in [6, 6.07) is 18.2. The molecule has 2 aromatic carbocycles. The van der Waals surface area contributed by atoms with Crippen molar-refractivity contribution in [1.82, 2.24) is 4.98 Å². The Kier molecular flexibility index (Phi) is 5.86. The molecule has 28 heavy (non-hydrogen) atoms. The molecule has 0 amide bonds. The van der Waals surface area contributed by atoms with Crippen LogP contribution in [0.25, 0.3) is 12.2 Å². The molecule has 0 fully saturated rings. The van der Waals surface area contributed by atoms with Gasteiger partial charge in [-0.1, -0.05) is 48.6 Å². The molecule has 0 aliphatic heterocycles. The predicted molar refractivity (Wildman–Crippen MR) is 108 cm³/mol. The summed E-state index contributed by atoms with van der Waals surface area (Å²) in [5.74, 6) is -1.24. The predicted octanol–water partition coefficient (Wildman–Crippen LogP) is 3.53. The lowest BCUT2D eigenvalue weighted by molar-refractivity contribution is -0.135. The van der Waals surface area contributed by atoms with Gasteiger partial charge < -0.3 is 5.11 Å². The number of carboxylic acid groups (broad SMARTS) is 1. The third-order valence-electron chi connectivity index (χ3n) is 3.98. The highest BCUT2D eigenvalue weighted by atomic mass is 32.2. The van der Waals surface area contributed by atoms with E-state index < -0.39 is 22.5 Å². The Morgan fingerprint density at radius 2 is 1.57 bits per heavy atom. The first kappa shape index (κ1) is 19.3. The smallest absolute Gasteiger partial charge is 0.324 e. The minimum absolute atomic E-state index is 0.0316. The maximum atomic E-state index is 13.1. The Hall–Kier alpha value is -3.45. The zero-order valence-electron chi connectivity index (χ0n) is 14.8. The number of hydrogen-bond acceptors (Lipinski definition) is 4. The van der Waals surface area contributed by atoms with Gasteiger partial charge in [0.25, 0.3) is 10.0 Å². The van der Waals surface area contributed by atoms with Crippen molar-refractivity contribution in [2.75, 3.05) is 10.8 Å². The number of hydrogen-bond donors (Lipinski definition) is 1. The molecule has 0 saturated heterocycles. The van der Waals surface area contributed by atoms with Crippen molar-refractivity contribution >= 4 is 33.8 Å². The number of aliphatic carboxylic acids is 1. The van der Waals surface area contributed by atoms with Gasteiger partial charge in [0.1, 0.15) is 6.54 Å². The lowest BCUT2D eigenvalue weighted by atomic mass is 10.1. The van der Waals surface area contributed by atoms with Crippen LogP contribution in [-0.4, -0.2) is 31.0 Å². The fourth-order valence-corrected chi connectivity index (χ4v) is 4.12. The molecule has 1 aromatic heterocycles. The largest absolute Gasteiger partial charge is 0.480 e. The van der Waals surface area contributed by atoms with E-state index in [0.29, 0.717) is 11.3 Å². The van der Waals surface area contributed by atoms with Gasteiger partial charge in [-0.3, -0.25) is 14.1 Å². The summed E-state index contributed by atoms with van der Waals surface area (Å²) >= 11 is 0. The third-order valence-corrected chi connectivity index (χ3v) is 5.75. The lowest BCUT2D eigenvalue weighted by Gasteiger charge is -2.24. The standard InChI is InChI=1S/C21H18N2O4S/c24-21(25)16-23(28(26,27)19-7-2-1-3-8-19)20-9-5-4-6-18(20)11-10-17-12-14-22-15-13-17/h1-15H,16H2,(H,24,25)/b11-10+. The average Bonchev–Trinajstić information content (AvgIpc) is 2.72. The fourth-order valence-electron chi connectivity index (χ4n) is 2.66. The number of aromatic nitrogens is 1. The van der Waals surface area contributed by atoms with Gasteiger partial charge in [-0.25, -0.2) is 8.42 Å². The third kappa shape index (κ3) is 4.44. The number of carboxylic acids is 1. The Morgan fingerprint density at radius 3 is 2.25 bits per heavy atom. The van der Waals surface area contributed by atoms with Crippen LogP contribution in [0.15, 0.2) is 84.0 Å². The topological polar surface area (TPSA) is 87.6 Å². The molecule has 0 radical (unpaired) electrons. The van der Waals surface area contributed by atoms with E-state index in [1.54, 1.807) is 60.9 Å². The number of anilines is 1. The van der Waals surface area contributed by atoms with Crippen LogP contribution in [0.1, 0.15) is 11.1 Å². The number of rotatable bonds is 7. The van der Waals surface area contributed by atoms with Crippen molar-refractivity contribution in [2.45, 2.75) is 4.90 Å². The molecule has 0 aliphatic carbocycles. The highest BCUT2D eigenvalue weighted by molar-refractivity contribution is 7.92. The molecule has 0 saturated carbocycles. The van der Waals surface area contributed by atoms with Gasteiger partial charge in [0, 0.05) is 12.4 Å². The molecule has 0 bridgehead atoms. The van der Waals surface area contributed by atoms with Crippen molar-refractivity contribution in [3.05, 3.63) is 90.3 Å². The highest BCUT2D eigenvalue weighted by Crippen LogP contribution is 2.28. The van der Waals surface area contributed by atoms with Crippen molar-refractivity contribution in [3.63, 3.8) is 0 Å². The Bertz CT molecular complexity index is 1080. The van der Waals surface area contributed by atoms with Crippen LogP contribution in [-0.2, 0) is 14.8 Å². The van der Waals surface area contributed by atoms with Crippen LogP contribution in [0.4, 0.5) is 5.69 Å². The van der Waals surface area contributed by atoms with Gasteiger partial charge >= 0.3 is 5.97 Å². The number of para-hydroxylation sites is 1. The number of nitrogens with zero attached hydrogens (tertiary/aromatic N) is 2. The van der Waals surface area contributed by atoms with E-state index in [1.165, 1.54) is 12.1 Å². The van der Waals surface area contributed by atoms with Gasteiger partial charge in [-0.15, -0.1) is 0 Å². The van der Waals surface area contributed by atoms with E-state index in [2.05, 4.69) is 4.98 Å². The van der Waals surface area contributed by atoms with Crippen LogP contribution in [0, 0.1) is 0 Å². The molecule has 0 aliphatic rings. The number of pyridine rings is 1. The maximum Gasteiger partial charge on any atom is 0.324 e. The van der Waals surface area contributed by atoms with Crippen LogP contribution < -0.4 is 4.31 Å². The minimum Gasteiger partial charge on any atom is -0.480 e. The zero-order chi connectivity index (χ0) is 20.0. The quantitative estimate of drug-likeness (QED) is 0.662. The molecule has 1 heterocycles. The normalized spacial score (nSPS) is 11.4. The molecular weight excluding hydrogens is 376 g/mol. The number of sulfonamides is 1. The van der Waals surface area contributed by atoms with E-state index >= 15 is 0 Å². The number of carbonyl (C=O) groups is 1. The Balaban J connectivity index is 2.07. The molecule has 3 rings (SSSR count). The first-order chi connectivity index (χ1) is 13.5. The molecule has 0 unspecified atom stereocenters.